The van der Waals surface area contributed by atoms with Crippen molar-refractivity contribution >= 4 is 23.5 Å². The van der Waals surface area contributed by atoms with Crippen molar-refractivity contribution in [3.05, 3.63) is 71.8 Å². The number of fused-ring (bicyclic) bond motifs is 2. The maximum absolute atomic E-state index is 13.9. The molecule has 2 aliphatic heterocycles. The molecule has 0 saturated heterocycles. The number of rotatable bonds is 5. The van der Waals surface area contributed by atoms with Gasteiger partial charge in [-0.1, -0.05) is 30.3 Å². The average molecular weight is 476 g/mol. The molecule has 0 fully saturated rings. The molecule has 0 radical (unpaired) electrons. The zero-order valence-corrected chi connectivity index (χ0v) is 19.3. The van der Waals surface area contributed by atoms with E-state index < -0.39 is 17.4 Å². The third-order valence-corrected chi connectivity index (χ3v) is 6.16. The Hall–Kier alpha value is -4.34. The van der Waals surface area contributed by atoms with Crippen LogP contribution < -0.4 is 19.7 Å². The first-order valence-electron chi connectivity index (χ1n) is 11.1. The molecule has 1 N–H and O–H groups in total. The van der Waals surface area contributed by atoms with Crippen LogP contribution in [0.1, 0.15) is 33.5 Å². The van der Waals surface area contributed by atoms with Crippen LogP contribution in [-0.2, 0) is 22.6 Å². The third kappa shape index (κ3) is 3.86. The van der Waals surface area contributed by atoms with Gasteiger partial charge >= 0.3 is 5.97 Å². The lowest BCUT2D eigenvalue weighted by molar-refractivity contribution is -0.126. The molecular formula is C25H24N4O6. The second kappa shape index (κ2) is 8.79. The van der Waals surface area contributed by atoms with Crippen LogP contribution in [0.4, 0.5) is 5.69 Å². The van der Waals surface area contributed by atoms with Gasteiger partial charge in [-0.05, 0) is 24.6 Å². The largest absolute Gasteiger partial charge is 0.486 e. The van der Waals surface area contributed by atoms with Crippen LogP contribution in [0.15, 0.2) is 54.9 Å². The van der Waals surface area contributed by atoms with Crippen molar-refractivity contribution in [2.45, 2.75) is 25.6 Å². The van der Waals surface area contributed by atoms with Gasteiger partial charge < -0.3 is 24.1 Å². The minimum atomic E-state index is -1.34. The van der Waals surface area contributed by atoms with Crippen LogP contribution in [0.3, 0.4) is 0 Å². The van der Waals surface area contributed by atoms with Crippen LogP contribution in [0.2, 0.25) is 0 Å². The number of methoxy groups -OCH3 is 1. The molecule has 1 aromatic heterocycles. The molecule has 180 valence electrons. The summed E-state index contributed by atoms with van der Waals surface area (Å²) in [5.41, 5.74) is -0.0306. The van der Waals surface area contributed by atoms with Crippen molar-refractivity contribution in [3.63, 3.8) is 0 Å². The lowest BCUT2D eigenvalue weighted by Crippen LogP contribution is -2.64. The van der Waals surface area contributed by atoms with E-state index in [1.165, 1.54) is 22.9 Å². The predicted octanol–water partition coefficient (Wildman–Crippen LogP) is 2.18. The van der Waals surface area contributed by atoms with E-state index in [1.807, 2.05) is 30.3 Å². The fraction of sp³-hybridized carbons (Fsp3) is 0.280. The smallest absolute Gasteiger partial charge is 0.359 e. The van der Waals surface area contributed by atoms with Crippen molar-refractivity contribution in [1.29, 1.82) is 0 Å². The summed E-state index contributed by atoms with van der Waals surface area (Å²) in [5, 5.41) is 2.95. The first kappa shape index (κ1) is 22.5. The molecule has 1 atom stereocenters. The fourth-order valence-electron chi connectivity index (χ4n) is 4.42. The number of esters is 1. The fourth-order valence-corrected chi connectivity index (χ4v) is 4.42. The molecular weight excluding hydrogens is 452 g/mol. The second-order valence-corrected chi connectivity index (χ2v) is 8.47. The molecule has 0 spiro atoms. The van der Waals surface area contributed by atoms with E-state index in [0.717, 1.165) is 5.56 Å². The van der Waals surface area contributed by atoms with Gasteiger partial charge in [0.25, 0.3) is 5.91 Å². The van der Waals surface area contributed by atoms with E-state index in [1.54, 1.807) is 25.1 Å². The normalized spacial score (nSPS) is 18.6. The van der Waals surface area contributed by atoms with Gasteiger partial charge in [-0.25, -0.2) is 9.78 Å². The van der Waals surface area contributed by atoms with Crippen LogP contribution >= 0.6 is 0 Å². The summed E-state index contributed by atoms with van der Waals surface area (Å²) in [7, 11) is 1.22. The van der Waals surface area contributed by atoms with Crippen molar-refractivity contribution < 1.29 is 28.6 Å². The quantitative estimate of drug-likeness (QED) is 0.562. The van der Waals surface area contributed by atoms with E-state index in [-0.39, 0.29) is 23.8 Å². The molecule has 2 aliphatic rings. The van der Waals surface area contributed by atoms with Gasteiger partial charge in [0.1, 0.15) is 24.4 Å². The minimum absolute atomic E-state index is 0.0556. The third-order valence-electron chi connectivity index (χ3n) is 6.16. The summed E-state index contributed by atoms with van der Waals surface area (Å²) >= 11 is 0. The molecule has 3 heterocycles. The summed E-state index contributed by atoms with van der Waals surface area (Å²) in [6.45, 7) is 2.85. The molecule has 5 rings (SSSR count). The highest BCUT2D eigenvalue weighted by atomic mass is 16.6. The maximum Gasteiger partial charge on any atom is 0.359 e. The monoisotopic (exact) mass is 476 g/mol. The van der Waals surface area contributed by atoms with E-state index >= 15 is 0 Å². The molecule has 10 heteroatoms. The van der Waals surface area contributed by atoms with Crippen LogP contribution in [0.25, 0.3) is 0 Å². The van der Waals surface area contributed by atoms with Gasteiger partial charge in [0, 0.05) is 18.3 Å². The van der Waals surface area contributed by atoms with E-state index in [4.69, 9.17) is 14.2 Å². The Morgan fingerprint density at radius 1 is 1.11 bits per heavy atom. The Morgan fingerprint density at radius 2 is 1.86 bits per heavy atom. The Kier molecular flexibility index (Phi) is 5.64. The summed E-state index contributed by atoms with van der Waals surface area (Å²) in [4.78, 5) is 45.3. The molecule has 0 aliphatic carbocycles. The minimum Gasteiger partial charge on any atom is -0.486 e. The van der Waals surface area contributed by atoms with Crippen molar-refractivity contribution in [2.24, 2.45) is 0 Å². The van der Waals surface area contributed by atoms with Gasteiger partial charge in [-0.2, -0.15) is 0 Å². The number of nitrogens with one attached hydrogen (secondary N) is 1. The highest BCUT2D eigenvalue weighted by Crippen LogP contribution is 2.39. The molecule has 0 unspecified atom stereocenters. The zero-order chi connectivity index (χ0) is 24.6. The maximum atomic E-state index is 13.9. The summed E-state index contributed by atoms with van der Waals surface area (Å²) in [6.07, 6.45) is 1.38. The standard InChI is InChI=1S/C25H24N4O6/c1-25(24(32)26-13-16-6-4-3-5-7-16)14-28-15-27-20(23(31)33-2)21(28)22(30)29(25)17-8-9-18-19(12-17)35-11-10-34-18/h3-9,12,15H,10-11,13-14H2,1-2H3,(H,26,32)/t25-/m0/s1. The summed E-state index contributed by atoms with van der Waals surface area (Å²) < 4.78 is 17.6. The molecule has 0 bridgehead atoms. The number of aromatic nitrogens is 2. The van der Waals surface area contributed by atoms with Crippen LogP contribution in [-0.4, -0.2) is 53.2 Å². The van der Waals surface area contributed by atoms with E-state index in [2.05, 4.69) is 10.3 Å². The molecule has 2 amide bonds. The Morgan fingerprint density at radius 3 is 2.60 bits per heavy atom. The number of benzene rings is 2. The number of amides is 2. The van der Waals surface area contributed by atoms with Crippen LogP contribution in [0.5, 0.6) is 11.5 Å². The highest BCUT2D eigenvalue weighted by molar-refractivity contribution is 6.15. The number of carbonyl (C=O) groups is 3. The Bertz CT molecular complexity index is 1300. The van der Waals surface area contributed by atoms with Crippen molar-refractivity contribution in [1.82, 2.24) is 14.9 Å². The molecule has 35 heavy (non-hydrogen) atoms. The molecule has 3 aromatic rings. The van der Waals surface area contributed by atoms with E-state index in [9.17, 15) is 14.4 Å². The van der Waals surface area contributed by atoms with Gasteiger partial charge in [0.15, 0.2) is 17.2 Å². The number of nitrogens with zero attached hydrogens (tertiary/aromatic N) is 3. The van der Waals surface area contributed by atoms with Crippen molar-refractivity contribution in [3.8, 4) is 11.5 Å². The Labute approximate surface area is 201 Å². The van der Waals surface area contributed by atoms with Gasteiger partial charge in [-0.3, -0.25) is 14.5 Å². The summed E-state index contributed by atoms with van der Waals surface area (Å²) in [5.74, 6) is -0.612. The van der Waals surface area contributed by atoms with Crippen molar-refractivity contribution in [2.75, 3.05) is 25.2 Å². The number of hydrogen-bond donors (Lipinski definition) is 1. The van der Waals surface area contributed by atoms with E-state index in [0.29, 0.717) is 36.9 Å². The van der Waals surface area contributed by atoms with Gasteiger partial charge in [-0.15, -0.1) is 0 Å². The van der Waals surface area contributed by atoms with Gasteiger partial charge in [0.05, 0.1) is 20.0 Å². The number of hydrogen-bond acceptors (Lipinski definition) is 7. The topological polar surface area (TPSA) is 112 Å². The molecule has 10 nitrogen and oxygen atoms in total. The second-order valence-electron chi connectivity index (χ2n) is 8.47. The molecule has 2 aromatic carbocycles. The van der Waals surface area contributed by atoms with Crippen LogP contribution in [0, 0.1) is 0 Å². The number of carbonyl (C=O) groups excluding carboxylic acids is 3. The zero-order valence-electron chi connectivity index (χ0n) is 19.3. The first-order valence-corrected chi connectivity index (χ1v) is 11.1. The van der Waals surface area contributed by atoms with Gasteiger partial charge in [0.2, 0.25) is 5.91 Å². The highest BCUT2D eigenvalue weighted by Gasteiger charge is 2.50. The molecule has 0 saturated carbocycles. The first-order chi connectivity index (χ1) is 16.9. The number of anilines is 1. The lowest BCUT2D eigenvalue weighted by Gasteiger charge is -2.43. The predicted molar refractivity (Wildman–Crippen MR) is 125 cm³/mol. The number of ether oxygens (including phenoxy) is 3. The Balaban J connectivity index is 1.57. The summed E-state index contributed by atoms with van der Waals surface area (Å²) in [6, 6.07) is 14.6. The average Bonchev–Trinajstić information content (AvgIpc) is 3.31. The number of imidazole rings is 1. The lowest BCUT2D eigenvalue weighted by atomic mass is 9.93. The SMILES string of the molecule is COC(=O)c1ncn2c1C(=O)N(c1ccc3c(c1)OCCO3)[C@](C)(C(=O)NCc1ccccc1)C2.